The van der Waals surface area contributed by atoms with Gasteiger partial charge in [0.1, 0.15) is 5.75 Å². The molecule has 1 N–H and O–H groups in total. The van der Waals surface area contributed by atoms with Crippen LogP contribution < -0.4 is 15.0 Å². The van der Waals surface area contributed by atoms with E-state index < -0.39 is 0 Å². The number of amides is 2. The number of carbonyl (C=O) groups excluding carboxylic acids is 2. The predicted molar refractivity (Wildman–Crippen MR) is 102 cm³/mol. The van der Waals surface area contributed by atoms with E-state index in [-0.39, 0.29) is 30.1 Å². The van der Waals surface area contributed by atoms with Crippen molar-refractivity contribution in [2.24, 2.45) is 5.92 Å². The third kappa shape index (κ3) is 3.67. The quantitative estimate of drug-likeness (QED) is 0.870. The molecule has 142 valence electrons. The maximum absolute atomic E-state index is 13.0. The minimum atomic E-state index is -0.230. The van der Waals surface area contributed by atoms with Crippen LogP contribution in [0.15, 0.2) is 24.3 Å². The number of likely N-dealkylation sites (tertiary alicyclic amines) is 1. The predicted octanol–water partition coefficient (Wildman–Crippen LogP) is 1.82. The van der Waals surface area contributed by atoms with Crippen LogP contribution in [0.3, 0.4) is 0 Å². The maximum Gasteiger partial charge on any atom is 0.228 e. The molecule has 3 unspecified atom stereocenters. The summed E-state index contributed by atoms with van der Waals surface area (Å²) in [6, 6.07) is 8.41. The van der Waals surface area contributed by atoms with Gasteiger partial charge in [-0.25, -0.2) is 0 Å². The minimum absolute atomic E-state index is 0. The fraction of sp³-hybridized carbons (Fsp3) is 0.579. The first kappa shape index (κ1) is 19.0. The van der Waals surface area contributed by atoms with Crippen LogP contribution in [0.1, 0.15) is 25.7 Å². The molecule has 2 bridgehead atoms. The van der Waals surface area contributed by atoms with Crippen LogP contribution in [0, 0.1) is 5.92 Å². The highest BCUT2D eigenvalue weighted by molar-refractivity contribution is 6.00. The summed E-state index contributed by atoms with van der Waals surface area (Å²) in [7, 11) is 1.62. The van der Waals surface area contributed by atoms with Gasteiger partial charge in [0, 0.05) is 43.8 Å². The summed E-state index contributed by atoms with van der Waals surface area (Å²) in [6.45, 7) is 2.06. The van der Waals surface area contributed by atoms with Crippen molar-refractivity contribution >= 4 is 29.9 Å². The molecule has 26 heavy (non-hydrogen) atoms. The second-order valence-electron chi connectivity index (χ2n) is 7.31. The molecule has 1 aromatic carbocycles. The normalized spacial score (nSPS) is 27.9. The molecule has 3 aliphatic rings. The molecule has 0 aliphatic carbocycles. The van der Waals surface area contributed by atoms with E-state index in [4.69, 9.17) is 4.74 Å². The molecule has 4 rings (SSSR count). The first-order chi connectivity index (χ1) is 12.1. The van der Waals surface area contributed by atoms with Gasteiger partial charge in [0.05, 0.1) is 13.0 Å². The lowest BCUT2D eigenvalue weighted by molar-refractivity contribution is -0.136. The number of fused-ring (bicyclic) bond motifs is 2. The SMILES string of the molecule is COc1ccc(N2CC(C(=O)N3CCC4CCC(C3)N4)CC2=O)cc1.Cl. The van der Waals surface area contributed by atoms with Crippen molar-refractivity contribution in [3.63, 3.8) is 0 Å². The van der Waals surface area contributed by atoms with Crippen molar-refractivity contribution in [1.82, 2.24) is 10.2 Å². The van der Waals surface area contributed by atoms with Crippen LogP contribution in [-0.4, -0.2) is 55.5 Å². The Bertz CT molecular complexity index is 666. The number of carbonyl (C=O) groups is 2. The monoisotopic (exact) mass is 379 g/mol. The lowest BCUT2D eigenvalue weighted by atomic mass is 10.0. The van der Waals surface area contributed by atoms with Crippen LogP contribution in [0.5, 0.6) is 5.75 Å². The average Bonchev–Trinajstić information content (AvgIpc) is 3.17. The number of nitrogens with one attached hydrogen (secondary N) is 1. The first-order valence-corrected chi connectivity index (χ1v) is 9.13. The van der Waals surface area contributed by atoms with Gasteiger partial charge in [0.2, 0.25) is 11.8 Å². The van der Waals surface area contributed by atoms with Gasteiger partial charge in [-0.15, -0.1) is 12.4 Å². The van der Waals surface area contributed by atoms with Gasteiger partial charge in [0.15, 0.2) is 0 Å². The molecule has 3 atom stereocenters. The van der Waals surface area contributed by atoms with E-state index >= 15 is 0 Å². The summed E-state index contributed by atoms with van der Waals surface area (Å²) in [5.41, 5.74) is 0.831. The van der Waals surface area contributed by atoms with Crippen LogP contribution >= 0.6 is 12.4 Å². The smallest absolute Gasteiger partial charge is 0.228 e. The third-order valence-electron chi connectivity index (χ3n) is 5.69. The number of hydrogen-bond acceptors (Lipinski definition) is 4. The Kier molecular flexibility index (Phi) is 5.73. The molecule has 0 saturated carbocycles. The molecule has 1 aromatic rings. The van der Waals surface area contributed by atoms with E-state index in [0.29, 0.717) is 25.0 Å². The zero-order valence-corrected chi connectivity index (χ0v) is 15.8. The second-order valence-corrected chi connectivity index (χ2v) is 7.31. The molecule has 3 saturated heterocycles. The topological polar surface area (TPSA) is 61.9 Å². The molecule has 2 amide bonds. The van der Waals surface area contributed by atoms with Gasteiger partial charge in [0.25, 0.3) is 0 Å². The molecule has 0 radical (unpaired) electrons. The molecule has 3 heterocycles. The summed E-state index contributed by atoms with van der Waals surface area (Å²) >= 11 is 0. The minimum Gasteiger partial charge on any atom is -0.497 e. The fourth-order valence-corrected chi connectivity index (χ4v) is 4.29. The van der Waals surface area contributed by atoms with E-state index in [0.717, 1.165) is 37.4 Å². The van der Waals surface area contributed by atoms with E-state index in [1.54, 1.807) is 12.0 Å². The number of anilines is 1. The lowest BCUT2D eigenvalue weighted by Crippen LogP contribution is -2.42. The molecule has 0 spiro atoms. The largest absolute Gasteiger partial charge is 0.497 e. The Morgan fingerprint density at radius 3 is 2.58 bits per heavy atom. The first-order valence-electron chi connectivity index (χ1n) is 9.13. The number of methoxy groups -OCH3 is 1. The Hall–Kier alpha value is -1.79. The molecule has 7 heteroatoms. The molecule has 6 nitrogen and oxygen atoms in total. The van der Waals surface area contributed by atoms with Gasteiger partial charge >= 0.3 is 0 Å². The van der Waals surface area contributed by atoms with Crippen molar-refractivity contribution in [3.05, 3.63) is 24.3 Å². The van der Waals surface area contributed by atoms with Crippen LogP contribution in [0.2, 0.25) is 0 Å². The molecule has 3 fully saturated rings. The molecule has 3 aliphatic heterocycles. The van der Waals surface area contributed by atoms with Crippen molar-refractivity contribution in [2.75, 3.05) is 31.6 Å². The summed E-state index contributed by atoms with van der Waals surface area (Å²) in [5, 5.41) is 3.60. The summed E-state index contributed by atoms with van der Waals surface area (Å²) in [6.07, 6.45) is 3.70. The van der Waals surface area contributed by atoms with Crippen molar-refractivity contribution in [3.8, 4) is 5.75 Å². The van der Waals surface area contributed by atoms with E-state index in [9.17, 15) is 9.59 Å². The van der Waals surface area contributed by atoms with Gasteiger partial charge < -0.3 is 19.9 Å². The summed E-state index contributed by atoms with van der Waals surface area (Å²) < 4.78 is 5.16. The fourth-order valence-electron chi connectivity index (χ4n) is 4.29. The van der Waals surface area contributed by atoms with Crippen molar-refractivity contribution in [2.45, 2.75) is 37.8 Å². The Labute approximate surface area is 160 Å². The average molecular weight is 380 g/mol. The standard InChI is InChI=1S/C19H25N3O3.ClH/c1-25-17-6-4-16(5-7-17)22-11-13(10-18(22)23)19(24)21-9-8-14-2-3-15(12-21)20-14;/h4-7,13-15,20H,2-3,8-12H2,1H3;1H. The van der Waals surface area contributed by atoms with E-state index in [1.165, 1.54) is 6.42 Å². The number of benzene rings is 1. The summed E-state index contributed by atoms with van der Waals surface area (Å²) in [4.78, 5) is 29.1. The molecule has 0 aromatic heterocycles. The number of ether oxygens (including phenoxy) is 1. The van der Waals surface area contributed by atoms with Gasteiger partial charge in [-0.3, -0.25) is 9.59 Å². The highest BCUT2D eigenvalue weighted by Gasteiger charge is 2.39. The highest BCUT2D eigenvalue weighted by Crippen LogP contribution is 2.29. The second kappa shape index (κ2) is 7.84. The maximum atomic E-state index is 13.0. The zero-order valence-electron chi connectivity index (χ0n) is 15.0. The van der Waals surface area contributed by atoms with Crippen LogP contribution in [-0.2, 0) is 9.59 Å². The van der Waals surface area contributed by atoms with Gasteiger partial charge in [-0.1, -0.05) is 0 Å². The number of hydrogen-bond donors (Lipinski definition) is 1. The molecular weight excluding hydrogens is 354 g/mol. The lowest BCUT2D eigenvalue weighted by Gasteiger charge is -2.27. The Morgan fingerprint density at radius 1 is 1.12 bits per heavy atom. The third-order valence-corrected chi connectivity index (χ3v) is 5.69. The van der Waals surface area contributed by atoms with Crippen molar-refractivity contribution in [1.29, 1.82) is 0 Å². The molecular formula is C19H26ClN3O3. The summed E-state index contributed by atoms with van der Waals surface area (Å²) in [5.74, 6) is 0.693. The number of nitrogens with zero attached hydrogens (tertiary/aromatic N) is 2. The Balaban J connectivity index is 0.00000196. The van der Waals surface area contributed by atoms with E-state index in [2.05, 4.69) is 5.32 Å². The van der Waals surface area contributed by atoms with Gasteiger partial charge in [-0.2, -0.15) is 0 Å². The highest BCUT2D eigenvalue weighted by atomic mass is 35.5. The Morgan fingerprint density at radius 2 is 1.85 bits per heavy atom. The van der Waals surface area contributed by atoms with Gasteiger partial charge in [-0.05, 0) is 43.5 Å². The number of halogens is 1. The van der Waals surface area contributed by atoms with Crippen LogP contribution in [0.4, 0.5) is 5.69 Å². The van der Waals surface area contributed by atoms with E-state index in [1.807, 2.05) is 29.2 Å². The number of rotatable bonds is 3. The van der Waals surface area contributed by atoms with Crippen molar-refractivity contribution < 1.29 is 14.3 Å². The zero-order chi connectivity index (χ0) is 17.4. The van der Waals surface area contributed by atoms with Crippen LogP contribution in [0.25, 0.3) is 0 Å².